The topological polar surface area (TPSA) is 105 Å². The molecule has 1 aliphatic carbocycles. The number of hydrogen-bond acceptors (Lipinski definition) is 5. The lowest BCUT2D eigenvalue weighted by molar-refractivity contribution is -0.140. The average Bonchev–Trinajstić information content (AvgIpc) is 2.92. The maximum Gasteiger partial charge on any atom is 0.265 e. The van der Waals surface area contributed by atoms with Gasteiger partial charge in [0, 0.05) is 18.7 Å². The Kier molecular flexibility index (Phi) is 4.78. The molecule has 8 nitrogen and oxygen atoms in total. The van der Waals surface area contributed by atoms with E-state index in [9.17, 15) is 19.2 Å². The second-order valence-corrected chi connectivity index (χ2v) is 7.58. The Morgan fingerprint density at radius 2 is 1.86 bits per heavy atom. The third-order valence-electron chi connectivity index (χ3n) is 5.69. The summed E-state index contributed by atoms with van der Waals surface area (Å²) < 4.78 is 5.48. The van der Waals surface area contributed by atoms with Crippen LogP contribution < -0.4 is 15.4 Å². The van der Waals surface area contributed by atoms with Crippen LogP contribution in [0.15, 0.2) is 18.2 Å². The van der Waals surface area contributed by atoms with Crippen molar-refractivity contribution in [2.75, 3.05) is 17.2 Å². The molecular weight excluding hydrogens is 362 g/mol. The molecule has 4 amide bonds. The van der Waals surface area contributed by atoms with Gasteiger partial charge in [0.25, 0.3) is 5.91 Å². The highest BCUT2D eigenvalue weighted by atomic mass is 16.5. The van der Waals surface area contributed by atoms with E-state index in [1.165, 1.54) is 4.90 Å². The second-order valence-electron chi connectivity index (χ2n) is 7.58. The van der Waals surface area contributed by atoms with E-state index in [1.54, 1.807) is 25.1 Å². The predicted octanol–water partition coefficient (Wildman–Crippen LogP) is 1.91. The molecule has 4 rings (SSSR count). The van der Waals surface area contributed by atoms with Crippen LogP contribution in [0.4, 0.5) is 11.4 Å². The highest BCUT2D eigenvalue weighted by Crippen LogP contribution is 2.38. The number of hydrogen-bond donors (Lipinski definition) is 2. The van der Waals surface area contributed by atoms with Gasteiger partial charge in [-0.3, -0.25) is 24.1 Å². The van der Waals surface area contributed by atoms with Gasteiger partial charge in [-0.05, 0) is 38.0 Å². The summed E-state index contributed by atoms with van der Waals surface area (Å²) in [6, 6.07) is 4.98. The van der Waals surface area contributed by atoms with Crippen LogP contribution in [-0.2, 0) is 19.2 Å². The Labute approximate surface area is 162 Å². The van der Waals surface area contributed by atoms with Gasteiger partial charge in [0.15, 0.2) is 6.10 Å². The van der Waals surface area contributed by atoms with Crippen molar-refractivity contribution in [3.63, 3.8) is 0 Å². The van der Waals surface area contributed by atoms with E-state index in [0.29, 0.717) is 17.1 Å². The largest absolute Gasteiger partial charge is 0.479 e. The van der Waals surface area contributed by atoms with Crippen LogP contribution in [0.25, 0.3) is 0 Å². The molecule has 1 aromatic rings. The fourth-order valence-electron chi connectivity index (χ4n) is 4.17. The van der Waals surface area contributed by atoms with Crippen molar-refractivity contribution in [3.8, 4) is 5.75 Å². The number of amides is 4. The molecule has 0 aromatic heterocycles. The summed E-state index contributed by atoms with van der Waals surface area (Å²) in [6.07, 6.45) is 2.96. The van der Waals surface area contributed by atoms with Gasteiger partial charge in [0.2, 0.25) is 17.7 Å². The van der Waals surface area contributed by atoms with Crippen LogP contribution in [0.2, 0.25) is 0 Å². The van der Waals surface area contributed by atoms with Crippen molar-refractivity contribution >= 4 is 35.0 Å². The van der Waals surface area contributed by atoms with Crippen molar-refractivity contribution in [3.05, 3.63) is 18.2 Å². The van der Waals surface area contributed by atoms with Gasteiger partial charge in [-0.1, -0.05) is 12.8 Å². The summed E-state index contributed by atoms with van der Waals surface area (Å²) in [7, 11) is 0. The monoisotopic (exact) mass is 385 g/mol. The van der Waals surface area contributed by atoms with Crippen LogP contribution >= 0.6 is 0 Å². The third-order valence-corrected chi connectivity index (χ3v) is 5.69. The van der Waals surface area contributed by atoms with Crippen molar-refractivity contribution in [2.45, 2.75) is 45.1 Å². The van der Waals surface area contributed by atoms with E-state index >= 15 is 0 Å². The number of carbonyl (C=O) groups is 4. The molecule has 3 atom stereocenters. The van der Waals surface area contributed by atoms with Crippen LogP contribution in [0.3, 0.4) is 0 Å². The molecule has 1 saturated heterocycles. The van der Waals surface area contributed by atoms with Crippen molar-refractivity contribution in [2.24, 2.45) is 11.8 Å². The first-order valence-electron chi connectivity index (χ1n) is 9.70. The number of ether oxygens (including phenoxy) is 1. The van der Waals surface area contributed by atoms with Gasteiger partial charge in [-0.15, -0.1) is 0 Å². The number of carbonyl (C=O) groups excluding carboxylic acids is 4. The van der Waals surface area contributed by atoms with Crippen molar-refractivity contribution < 1.29 is 23.9 Å². The zero-order valence-corrected chi connectivity index (χ0v) is 15.7. The van der Waals surface area contributed by atoms with E-state index < -0.39 is 6.10 Å². The fourth-order valence-corrected chi connectivity index (χ4v) is 4.17. The van der Waals surface area contributed by atoms with E-state index in [-0.39, 0.29) is 48.4 Å². The number of imide groups is 1. The van der Waals surface area contributed by atoms with E-state index in [2.05, 4.69) is 10.6 Å². The molecule has 0 radical (unpaired) electrons. The van der Waals surface area contributed by atoms with Gasteiger partial charge >= 0.3 is 0 Å². The van der Waals surface area contributed by atoms with Crippen LogP contribution in [-0.4, -0.2) is 41.2 Å². The first-order valence-corrected chi connectivity index (χ1v) is 9.70. The summed E-state index contributed by atoms with van der Waals surface area (Å²) in [5.74, 6) is -0.668. The SMILES string of the molecule is C[C@@H]1Oc2ccc(NC(=O)CCN3C(=O)[C@H]4CCCC[C@@H]4C3=O)cc2NC1=O. The Bertz CT molecular complexity index is 828. The highest BCUT2D eigenvalue weighted by molar-refractivity contribution is 6.05. The zero-order valence-electron chi connectivity index (χ0n) is 15.7. The summed E-state index contributed by atoms with van der Waals surface area (Å²) in [4.78, 5) is 50.2. The van der Waals surface area contributed by atoms with Crippen molar-refractivity contribution in [1.29, 1.82) is 0 Å². The Hall–Kier alpha value is -2.90. The molecule has 2 N–H and O–H groups in total. The zero-order chi connectivity index (χ0) is 19.8. The molecule has 148 valence electrons. The summed E-state index contributed by atoms with van der Waals surface area (Å²) in [6.45, 7) is 1.75. The number of nitrogens with one attached hydrogen (secondary N) is 2. The summed E-state index contributed by atoms with van der Waals surface area (Å²) >= 11 is 0. The van der Waals surface area contributed by atoms with Crippen LogP contribution in [0.5, 0.6) is 5.75 Å². The molecule has 0 bridgehead atoms. The number of anilines is 2. The van der Waals surface area contributed by atoms with Gasteiger partial charge in [-0.2, -0.15) is 0 Å². The lowest BCUT2D eigenvalue weighted by Crippen LogP contribution is -2.34. The van der Waals surface area contributed by atoms with E-state index in [4.69, 9.17) is 4.74 Å². The minimum atomic E-state index is -0.563. The summed E-state index contributed by atoms with van der Waals surface area (Å²) in [5.41, 5.74) is 1.00. The lowest BCUT2D eigenvalue weighted by atomic mass is 9.81. The standard InChI is InChI=1S/C20H23N3O5/c1-11-18(25)22-15-10-12(6-7-16(15)28-11)21-17(24)8-9-23-19(26)13-4-2-3-5-14(13)20(23)27/h6-7,10-11,13-14H,2-5,8-9H2,1H3,(H,21,24)(H,22,25)/t11-,13-,14-/m0/s1. The maximum atomic E-state index is 12.5. The van der Waals surface area contributed by atoms with Gasteiger partial charge in [0.1, 0.15) is 5.75 Å². The molecule has 2 fully saturated rings. The second kappa shape index (κ2) is 7.26. The van der Waals surface area contributed by atoms with E-state index in [1.807, 2.05) is 0 Å². The number of benzene rings is 1. The predicted molar refractivity (Wildman–Crippen MR) is 101 cm³/mol. The van der Waals surface area contributed by atoms with Gasteiger partial charge in [-0.25, -0.2) is 0 Å². The van der Waals surface area contributed by atoms with E-state index in [0.717, 1.165) is 25.7 Å². The number of nitrogens with zero attached hydrogens (tertiary/aromatic N) is 1. The Morgan fingerprint density at radius 1 is 1.18 bits per heavy atom. The molecule has 3 aliphatic rings. The third kappa shape index (κ3) is 3.34. The normalized spacial score (nSPS) is 26.2. The van der Waals surface area contributed by atoms with Crippen molar-refractivity contribution in [1.82, 2.24) is 4.90 Å². The molecular formula is C20H23N3O5. The molecule has 2 heterocycles. The fraction of sp³-hybridized carbons (Fsp3) is 0.500. The smallest absolute Gasteiger partial charge is 0.265 e. The molecule has 28 heavy (non-hydrogen) atoms. The number of rotatable bonds is 4. The molecule has 0 unspecified atom stereocenters. The number of likely N-dealkylation sites (tertiary alicyclic amines) is 1. The lowest BCUT2D eigenvalue weighted by Gasteiger charge is -2.23. The molecule has 2 aliphatic heterocycles. The molecule has 1 aromatic carbocycles. The highest BCUT2D eigenvalue weighted by Gasteiger charge is 2.47. The molecule has 8 heteroatoms. The average molecular weight is 385 g/mol. The van der Waals surface area contributed by atoms with Gasteiger partial charge in [0.05, 0.1) is 17.5 Å². The Balaban J connectivity index is 1.35. The van der Waals surface area contributed by atoms with Crippen LogP contribution in [0.1, 0.15) is 39.0 Å². The first-order chi connectivity index (χ1) is 13.4. The Morgan fingerprint density at radius 3 is 2.54 bits per heavy atom. The number of fused-ring (bicyclic) bond motifs is 2. The first kappa shape index (κ1) is 18.5. The minimum Gasteiger partial charge on any atom is -0.479 e. The summed E-state index contributed by atoms with van der Waals surface area (Å²) in [5, 5.41) is 5.47. The quantitative estimate of drug-likeness (QED) is 0.771. The van der Waals surface area contributed by atoms with Gasteiger partial charge < -0.3 is 15.4 Å². The van der Waals surface area contributed by atoms with Crippen LogP contribution in [0, 0.1) is 11.8 Å². The molecule has 0 spiro atoms. The minimum absolute atomic E-state index is 0.0356. The molecule has 1 saturated carbocycles. The maximum absolute atomic E-state index is 12.5.